The van der Waals surface area contributed by atoms with Gasteiger partial charge in [0.25, 0.3) is 0 Å². The summed E-state index contributed by atoms with van der Waals surface area (Å²) in [6.45, 7) is 0.418. The van der Waals surface area contributed by atoms with Crippen molar-refractivity contribution in [3.63, 3.8) is 0 Å². The summed E-state index contributed by atoms with van der Waals surface area (Å²) in [5.41, 5.74) is 5.50. The number of pyridine rings is 1. The van der Waals surface area contributed by atoms with Crippen molar-refractivity contribution in [2.24, 2.45) is 10.9 Å². The van der Waals surface area contributed by atoms with E-state index < -0.39 is 12.7 Å². The van der Waals surface area contributed by atoms with Crippen LogP contribution in [0.25, 0.3) is 0 Å². The molecule has 0 atom stereocenters. The predicted molar refractivity (Wildman–Crippen MR) is 65.7 cm³/mol. The molecule has 1 aromatic heterocycles. The van der Waals surface area contributed by atoms with Gasteiger partial charge in [0.15, 0.2) is 5.84 Å². The number of halogens is 4. The second kappa shape index (κ2) is 5.96. The normalized spacial score (nSPS) is 12.6. The van der Waals surface area contributed by atoms with E-state index in [4.69, 9.17) is 22.5 Å². The van der Waals surface area contributed by atoms with E-state index in [-0.39, 0.29) is 28.8 Å². The van der Waals surface area contributed by atoms with Gasteiger partial charge >= 0.3 is 6.18 Å². The van der Waals surface area contributed by atoms with Gasteiger partial charge in [0.2, 0.25) is 0 Å². The van der Waals surface area contributed by atoms with Gasteiger partial charge in [-0.2, -0.15) is 13.2 Å². The van der Waals surface area contributed by atoms with Gasteiger partial charge in [-0.1, -0.05) is 16.8 Å². The second-order valence-electron chi connectivity index (χ2n) is 3.61. The van der Waals surface area contributed by atoms with Crippen LogP contribution in [0.2, 0.25) is 5.02 Å². The van der Waals surface area contributed by atoms with Gasteiger partial charge in [-0.05, 0) is 13.0 Å². The highest BCUT2D eigenvalue weighted by Gasteiger charge is 2.31. The van der Waals surface area contributed by atoms with Crippen LogP contribution in [0, 0.1) is 0 Å². The van der Waals surface area contributed by atoms with Crippen molar-refractivity contribution in [2.45, 2.75) is 13.1 Å². The number of rotatable bonds is 4. The molecular weight excluding hydrogens is 285 g/mol. The molecule has 0 radical (unpaired) electrons. The van der Waals surface area contributed by atoms with Gasteiger partial charge in [0.05, 0.1) is 5.02 Å². The van der Waals surface area contributed by atoms with Crippen LogP contribution in [0.15, 0.2) is 17.4 Å². The zero-order valence-corrected chi connectivity index (χ0v) is 10.7. The summed E-state index contributed by atoms with van der Waals surface area (Å²) in [6, 6.07) is 1.35. The highest BCUT2D eigenvalue weighted by atomic mass is 35.5. The van der Waals surface area contributed by atoms with E-state index in [9.17, 15) is 13.2 Å². The first-order valence-corrected chi connectivity index (χ1v) is 5.62. The minimum Gasteiger partial charge on any atom is -0.409 e. The Labute approximate surface area is 112 Å². The number of anilines is 1. The highest BCUT2D eigenvalue weighted by Crippen LogP contribution is 2.29. The summed E-state index contributed by atoms with van der Waals surface area (Å²) in [6.07, 6.45) is -3.14. The molecular formula is C10H12ClF3N4O. The van der Waals surface area contributed by atoms with Crippen molar-refractivity contribution in [3.8, 4) is 0 Å². The third-order valence-corrected chi connectivity index (χ3v) is 2.68. The van der Waals surface area contributed by atoms with Crippen LogP contribution in [0.3, 0.4) is 0 Å². The van der Waals surface area contributed by atoms with E-state index in [0.717, 1.165) is 4.90 Å². The maximum atomic E-state index is 12.4. The first kappa shape index (κ1) is 15.4. The highest BCUT2D eigenvalue weighted by molar-refractivity contribution is 6.36. The Hall–Kier alpha value is -1.70. The molecule has 0 aliphatic rings. The Kier molecular flexibility index (Phi) is 4.82. The van der Waals surface area contributed by atoms with E-state index in [1.54, 1.807) is 6.92 Å². The molecule has 3 N–H and O–H groups in total. The Morgan fingerprint density at radius 3 is 2.68 bits per heavy atom. The fraction of sp³-hybridized carbons (Fsp3) is 0.400. The lowest BCUT2D eigenvalue weighted by Crippen LogP contribution is -2.35. The molecule has 1 aromatic rings. The topological polar surface area (TPSA) is 74.7 Å². The Bertz CT molecular complexity index is 478. The first-order valence-electron chi connectivity index (χ1n) is 5.24. The van der Waals surface area contributed by atoms with Gasteiger partial charge in [-0.15, -0.1) is 0 Å². The standard InChI is InChI=1S/C10H12ClF3N4O/c1-2-18(5-10(12,13)14)9-7(11)6(3-4-16-9)8(15)17-19/h3-4,19H,2,5H2,1H3,(H2,15,17). The summed E-state index contributed by atoms with van der Waals surface area (Å²) in [5.74, 6) is -0.359. The van der Waals surface area contributed by atoms with Crippen LogP contribution in [0.1, 0.15) is 12.5 Å². The molecule has 1 heterocycles. The lowest BCUT2D eigenvalue weighted by molar-refractivity contribution is -0.119. The zero-order valence-electron chi connectivity index (χ0n) is 9.95. The third kappa shape index (κ3) is 3.88. The quantitative estimate of drug-likeness (QED) is 0.387. The number of amidine groups is 1. The van der Waals surface area contributed by atoms with Gasteiger partial charge in [0, 0.05) is 18.3 Å². The monoisotopic (exact) mass is 296 g/mol. The van der Waals surface area contributed by atoms with Crippen LogP contribution in [0.5, 0.6) is 0 Å². The van der Waals surface area contributed by atoms with E-state index in [2.05, 4.69) is 10.1 Å². The van der Waals surface area contributed by atoms with Crippen LogP contribution in [0.4, 0.5) is 19.0 Å². The first-order chi connectivity index (χ1) is 8.80. The van der Waals surface area contributed by atoms with Crippen molar-refractivity contribution >= 4 is 23.3 Å². The Morgan fingerprint density at radius 1 is 1.58 bits per heavy atom. The fourth-order valence-corrected chi connectivity index (χ4v) is 1.79. The minimum atomic E-state index is -4.38. The van der Waals surface area contributed by atoms with Gasteiger partial charge in [-0.25, -0.2) is 4.98 Å². The van der Waals surface area contributed by atoms with Crippen LogP contribution >= 0.6 is 11.6 Å². The van der Waals surface area contributed by atoms with Crippen LogP contribution < -0.4 is 10.6 Å². The summed E-state index contributed by atoms with van der Waals surface area (Å²) in [4.78, 5) is 4.77. The Balaban J connectivity index is 3.19. The van der Waals surface area contributed by atoms with Gasteiger partial charge < -0.3 is 15.8 Å². The second-order valence-corrected chi connectivity index (χ2v) is 3.99. The lowest BCUT2D eigenvalue weighted by Gasteiger charge is -2.24. The molecule has 0 unspecified atom stereocenters. The maximum absolute atomic E-state index is 12.4. The lowest BCUT2D eigenvalue weighted by atomic mass is 10.2. The van der Waals surface area contributed by atoms with Crippen molar-refractivity contribution in [3.05, 3.63) is 22.8 Å². The number of alkyl halides is 3. The molecule has 106 valence electrons. The molecule has 0 spiro atoms. The van der Waals surface area contributed by atoms with Crippen LogP contribution in [-0.2, 0) is 0 Å². The molecule has 0 bridgehead atoms. The molecule has 0 aliphatic carbocycles. The number of aromatic nitrogens is 1. The zero-order chi connectivity index (χ0) is 14.6. The number of hydrogen-bond acceptors (Lipinski definition) is 4. The predicted octanol–water partition coefficient (Wildman–Crippen LogP) is 2.22. The molecule has 0 aliphatic heterocycles. The fourth-order valence-electron chi connectivity index (χ4n) is 1.46. The maximum Gasteiger partial charge on any atom is 0.405 e. The molecule has 19 heavy (non-hydrogen) atoms. The van der Waals surface area contributed by atoms with Crippen LogP contribution in [-0.4, -0.2) is 35.3 Å². The van der Waals surface area contributed by atoms with Crippen molar-refractivity contribution < 1.29 is 18.4 Å². The average molecular weight is 297 g/mol. The molecule has 0 fully saturated rings. The molecule has 1 rings (SSSR count). The largest absolute Gasteiger partial charge is 0.409 e. The number of oxime groups is 1. The van der Waals surface area contributed by atoms with Crippen molar-refractivity contribution in [1.29, 1.82) is 0 Å². The average Bonchev–Trinajstić information content (AvgIpc) is 2.34. The molecule has 0 saturated heterocycles. The SMILES string of the molecule is CCN(CC(F)(F)F)c1nccc(/C(N)=N/O)c1Cl. The summed E-state index contributed by atoms with van der Waals surface area (Å²) in [7, 11) is 0. The molecule has 0 saturated carbocycles. The smallest absolute Gasteiger partial charge is 0.405 e. The number of nitrogens with zero attached hydrogens (tertiary/aromatic N) is 3. The molecule has 0 amide bonds. The van der Waals surface area contributed by atoms with E-state index in [0.29, 0.717) is 0 Å². The molecule has 9 heteroatoms. The summed E-state index contributed by atoms with van der Waals surface area (Å²) >= 11 is 5.94. The molecule has 5 nitrogen and oxygen atoms in total. The van der Waals surface area contributed by atoms with Gasteiger partial charge in [0.1, 0.15) is 12.4 Å². The summed E-state index contributed by atoms with van der Waals surface area (Å²) < 4.78 is 37.3. The summed E-state index contributed by atoms with van der Waals surface area (Å²) in [5, 5.41) is 11.2. The van der Waals surface area contributed by atoms with Crippen molar-refractivity contribution in [2.75, 3.05) is 18.0 Å². The Morgan fingerprint density at radius 2 is 2.21 bits per heavy atom. The van der Waals surface area contributed by atoms with E-state index >= 15 is 0 Å². The number of hydrogen-bond donors (Lipinski definition) is 2. The van der Waals surface area contributed by atoms with Crippen molar-refractivity contribution in [1.82, 2.24) is 4.98 Å². The van der Waals surface area contributed by atoms with E-state index in [1.165, 1.54) is 12.3 Å². The van der Waals surface area contributed by atoms with E-state index in [1.807, 2.05) is 0 Å². The van der Waals surface area contributed by atoms with Gasteiger partial charge in [-0.3, -0.25) is 0 Å². The third-order valence-electron chi connectivity index (χ3n) is 2.31. The molecule has 0 aromatic carbocycles. The minimum absolute atomic E-state index is 0.0614. The number of nitrogens with two attached hydrogens (primary N) is 1.